The molecule has 0 fully saturated rings. The summed E-state index contributed by atoms with van der Waals surface area (Å²) in [4.78, 5) is 17.2. The van der Waals surface area contributed by atoms with E-state index in [1.807, 2.05) is 29.6 Å². The van der Waals surface area contributed by atoms with Gasteiger partial charge in [0.1, 0.15) is 0 Å². The highest BCUT2D eigenvalue weighted by atomic mass is 79.9. The van der Waals surface area contributed by atoms with E-state index in [2.05, 4.69) is 26.2 Å². The van der Waals surface area contributed by atoms with E-state index >= 15 is 0 Å². The van der Waals surface area contributed by atoms with Crippen molar-refractivity contribution in [3.63, 3.8) is 0 Å². The van der Waals surface area contributed by atoms with E-state index in [-0.39, 0.29) is 5.91 Å². The van der Waals surface area contributed by atoms with E-state index in [1.165, 1.54) is 32.7 Å². The summed E-state index contributed by atoms with van der Waals surface area (Å²) in [5.74, 6) is 0.805. The highest BCUT2D eigenvalue weighted by Crippen LogP contribution is 2.40. The van der Waals surface area contributed by atoms with E-state index in [1.54, 1.807) is 12.1 Å². The maximum Gasteiger partial charge on any atom is 0.261 e. The molecule has 0 unspecified atom stereocenters. The van der Waals surface area contributed by atoms with E-state index in [0.717, 1.165) is 15.7 Å². The third-order valence-electron chi connectivity index (χ3n) is 3.79. The third kappa shape index (κ3) is 4.06. The van der Waals surface area contributed by atoms with Gasteiger partial charge in [0.25, 0.3) is 5.91 Å². The number of hydrogen-bond acceptors (Lipinski definition) is 6. The molecule has 1 heterocycles. The van der Waals surface area contributed by atoms with Crippen molar-refractivity contribution in [2.45, 2.75) is 0 Å². The minimum atomic E-state index is -0.344. The molecule has 1 N–H and O–H groups in total. The maximum absolute atomic E-state index is 12.7. The first-order valence-electron chi connectivity index (χ1n) is 7.89. The number of nitrogens with zero attached hydrogens (tertiary/aromatic N) is 1. The van der Waals surface area contributed by atoms with Gasteiger partial charge in [0, 0.05) is 15.4 Å². The van der Waals surface area contributed by atoms with Crippen molar-refractivity contribution in [2.75, 3.05) is 26.6 Å². The molecule has 0 spiro atoms. The Morgan fingerprint density at radius 3 is 2.52 bits per heavy atom. The monoisotopic (exact) mass is 448 g/mol. The molecule has 0 aliphatic rings. The van der Waals surface area contributed by atoms with Crippen LogP contribution in [0.15, 0.2) is 46.3 Å². The van der Waals surface area contributed by atoms with Crippen molar-refractivity contribution in [3.8, 4) is 28.5 Å². The zero-order chi connectivity index (χ0) is 19.4. The van der Waals surface area contributed by atoms with Crippen LogP contribution in [0.5, 0.6) is 17.2 Å². The van der Waals surface area contributed by atoms with Crippen LogP contribution in [0, 0.1) is 0 Å². The van der Waals surface area contributed by atoms with Gasteiger partial charge in [-0.2, -0.15) is 0 Å². The van der Waals surface area contributed by atoms with Crippen LogP contribution in [-0.4, -0.2) is 32.2 Å². The van der Waals surface area contributed by atoms with Crippen LogP contribution < -0.4 is 19.5 Å². The molecule has 0 radical (unpaired) electrons. The quantitative estimate of drug-likeness (QED) is 0.583. The molecule has 1 amide bonds. The van der Waals surface area contributed by atoms with Crippen LogP contribution in [0.25, 0.3) is 11.3 Å². The lowest BCUT2D eigenvalue weighted by Gasteiger charge is -2.15. The van der Waals surface area contributed by atoms with Crippen LogP contribution in [0.3, 0.4) is 0 Å². The van der Waals surface area contributed by atoms with Gasteiger partial charge in [-0.15, -0.1) is 11.3 Å². The van der Waals surface area contributed by atoms with Gasteiger partial charge in [-0.05, 0) is 24.3 Å². The maximum atomic E-state index is 12.7. The van der Waals surface area contributed by atoms with Gasteiger partial charge < -0.3 is 14.2 Å². The van der Waals surface area contributed by atoms with Gasteiger partial charge in [-0.3, -0.25) is 10.1 Å². The minimum absolute atomic E-state index is 0.304. The van der Waals surface area contributed by atoms with Crippen LogP contribution in [-0.2, 0) is 0 Å². The van der Waals surface area contributed by atoms with Gasteiger partial charge in [0.2, 0.25) is 5.75 Å². The fraction of sp³-hybridized carbons (Fsp3) is 0.158. The summed E-state index contributed by atoms with van der Waals surface area (Å²) >= 11 is 4.80. The first-order chi connectivity index (χ1) is 13.1. The predicted octanol–water partition coefficient (Wildman–Crippen LogP) is 4.85. The fourth-order valence-corrected chi connectivity index (χ4v) is 3.67. The van der Waals surface area contributed by atoms with Gasteiger partial charge in [0.05, 0.1) is 32.6 Å². The number of methoxy groups -OCH3 is 3. The number of hydrogen-bond donors (Lipinski definition) is 1. The molecule has 140 valence electrons. The second-order valence-corrected chi connectivity index (χ2v) is 7.16. The van der Waals surface area contributed by atoms with Crippen molar-refractivity contribution < 1.29 is 19.0 Å². The molecule has 3 rings (SSSR count). The molecule has 0 atom stereocenters. The van der Waals surface area contributed by atoms with Crippen LogP contribution in [0.4, 0.5) is 5.13 Å². The summed E-state index contributed by atoms with van der Waals surface area (Å²) in [7, 11) is 4.49. The Morgan fingerprint density at radius 1 is 1.07 bits per heavy atom. The summed E-state index contributed by atoms with van der Waals surface area (Å²) in [6.07, 6.45) is 0. The molecule has 0 aliphatic carbocycles. The van der Waals surface area contributed by atoms with Crippen LogP contribution in [0.1, 0.15) is 10.4 Å². The normalized spacial score (nSPS) is 10.4. The van der Waals surface area contributed by atoms with Gasteiger partial charge in [-0.25, -0.2) is 4.98 Å². The largest absolute Gasteiger partial charge is 0.493 e. The molecule has 2 aromatic carbocycles. The predicted molar refractivity (Wildman–Crippen MR) is 109 cm³/mol. The van der Waals surface area contributed by atoms with Gasteiger partial charge >= 0.3 is 0 Å². The molecule has 0 bridgehead atoms. The Morgan fingerprint density at radius 2 is 1.85 bits per heavy atom. The molecule has 0 saturated heterocycles. The highest BCUT2D eigenvalue weighted by Gasteiger charge is 2.21. The van der Waals surface area contributed by atoms with Crippen LogP contribution >= 0.6 is 27.3 Å². The van der Waals surface area contributed by atoms with Gasteiger partial charge in [-0.1, -0.05) is 28.1 Å². The zero-order valence-corrected chi connectivity index (χ0v) is 17.3. The fourth-order valence-electron chi connectivity index (χ4n) is 2.56. The summed E-state index contributed by atoms with van der Waals surface area (Å²) in [6, 6.07) is 11.1. The average Bonchev–Trinajstić information content (AvgIpc) is 3.15. The second kappa shape index (κ2) is 8.41. The number of amides is 1. The van der Waals surface area contributed by atoms with E-state index in [9.17, 15) is 4.79 Å². The zero-order valence-electron chi connectivity index (χ0n) is 14.9. The Bertz CT molecular complexity index is 974. The van der Waals surface area contributed by atoms with Crippen LogP contribution in [0.2, 0.25) is 0 Å². The Kier molecular flexibility index (Phi) is 5.98. The number of rotatable bonds is 6. The average molecular weight is 449 g/mol. The summed E-state index contributed by atoms with van der Waals surface area (Å²) in [5, 5.41) is 5.19. The number of halogens is 1. The van der Waals surface area contributed by atoms with Gasteiger partial charge in [0.15, 0.2) is 16.6 Å². The van der Waals surface area contributed by atoms with Crippen molar-refractivity contribution in [3.05, 3.63) is 51.8 Å². The van der Waals surface area contributed by atoms with Crippen molar-refractivity contribution in [2.24, 2.45) is 0 Å². The summed E-state index contributed by atoms with van der Waals surface area (Å²) < 4.78 is 16.9. The molecule has 0 aliphatic heterocycles. The molecule has 6 nitrogen and oxygen atoms in total. The van der Waals surface area contributed by atoms with Crippen molar-refractivity contribution in [1.29, 1.82) is 0 Å². The number of carbonyl (C=O) groups excluding carboxylic acids is 1. The second-order valence-electron chi connectivity index (χ2n) is 5.38. The number of carbonyl (C=O) groups is 1. The minimum Gasteiger partial charge on any atom is -0.493 e. The van der Waals surface area contributed by atoms with E-state index in [4.69, 9.17) is 14.2 Å². The molecule has 27 heavy (non-hydrogen) atoms. The smallest absolute Gasteiger partial charge is 0.261 e. The Hall–Kier alpha value is -2.58. The topological polar surface area (TPSA) is 69.7 Å². The lowest BCUT2D eigenvalue weighted by Crippen LogP contribution is -2.13. The highest BCUT2D eigenvalue weighted by molar-refractivity contribution is 9.10. The molecule has 0 saturated carbocycles. The van der Waals surface area contributed by atoms with E-state index < -0.39 is 0 Å². The van der Waals surface area contributed by atoms with E-state index in [0.29, 0.717) is 27.9 Å². The molecule has 8 heteroatoms. The number of benzene rings is 2. The Balaban J connectivity index is 1.86. The van der Waals surface area contributed by atoms with Crippen molar-refractivity contribution in [1.82, 2.24) is 4.98 Å². The molecular weight excluding hydrogens is 432 g/mol. The van der Waals surface area contributed by atoms with Crippen molar-refractivity contribution >= 4 is 38.3 Å². The summed E-state index contributed by atoms with van der Waals surface area (Å²) in [5.41, 5.74) is 2.08. The number of anilines is 1. The molecule has 3 aromatic rings. The molecule has 1 aromatic heterocycles. The number of ether oxygens (including phenoxy) is 3. The lowest BCUT2D eigenvalue weighted by molar-refractivity contribution is 0.102. The number of nitrogens with one attached hydrogen (secondary N) is 1. The number of aromatic nitrogens is 1. The summed E-state index contributed by atoms with van der Waals surface area (Å²) in [6.45, 7) is 0. The SMILES string of the molecule is COc1ccc(C(=O)Nc2nc(-c3cccc(Br)c3)cs2)c(OC)c1OC. The first kappa shape index (κ1) is 19.2. The third-order valence-corrected chi connectivity index (χ3v) is 5.04. The Labute approximate surface area is 169 Å². The first-order valence-corrected chi connectivity index (χ1v) is 9.56. The lowest BCUT2D eigenvalue weighted by atomic mass is 10.1. The standard InChI is InChI=1S/C19H17BrN2O4S/c1-24-15-8-7-13(16(25-2)17(15)26-3)18(23)22-19-21-14(10-27-19)11-5-4-6-12(20)9-11/h4-10H,1-3H3,(H,21,22,23). The molecular formula is C19H17BrN2O4S. The number of thiazole rings is 1.